The molecule has 20 heavy (non-hydrogen) atoms. The molecule has 0 spiro atoms. The second kappa shape index (κ2) is 9.04. The van der Waals surface area contributed by atoms with E-state index in [2.05, 4.69) is 33.0 Å². The lowest BCUT2D eigenvalue weighted by molar-refractivity contribution is 0.0894. The van der Waals surface area contributed by atoms with Crippen molar-refractivity contribution in [3.63, 3.8) is 0 Å². The van der Waals surface area contributed by atoms with Gasteiger partial charge in [0.05, 0.1) is 0 Å². The lowest BCUT2D eigenvalue weighted by Gasteiger charge is -2.42. The molecule has 1 fully saturated rings. The number of hydrogen-bond donors (Lipinski definition) is 1. The zero-order chi connectivity index (χ0) is 15.0. The highest BCUT2D eigenvalue weighted by atomic mass is 16.5. The molecule has 0 aromatic carbocycles. The summed E-state index contributed by atoms with van der Waals surface area (Å²) >= 11 is 0. The molecule has 120 valence electrons. The van der Waals surface area contributed by atoms with Crippen LogP contribution in [0.25, 0.3) is 0 Å². The summed E-state index contributed by atoms with van der Waals surface area (Å²) in [5, 5.41) is 3.58. The Morgan fingerprint density at radius 3 is 2.45 bits per heavy atom. The number of rotatable bonds is 8. The molecule has 2 heteroatoms. The molecule has 0 amide bonds. The topological polar surface area (TPSA) is 21.3 Å². The maximum atomic E-state index is 5.19. The third-order valence-corrected chi connectivity index (χ3v) is 5.19. The van der Waals surface area contributed by atoms with E-state index >= 15 is 0 Å². The van der Waals surface area contributed by atoms with E-state index in [0.717, 1.165) is 30.9 Å². The van der Waals surface area contributed by atoms with Gasteiger partial charge in [0.25, 0.3) is 0 Å². The maximum absolute atomic E-state index is 5.19. The van der Waals surface area contributed by atoms with Crippen LogP contribution in [-0.4, -0.2) is 26.8 Å². The average molecular weight is 283 g/mol. The Morgan fingerprint density at radius 1 is 1.10 bits per heavy atom. The van der Waals surface area contributed by atoms with Gasteiger partial charge in [-0.05, 0) is 61.9 Å². The fourth-order valence-corrected chi connectivity index (χ4v) is 3.72. The van der Waals surface area contributed by atoms with Gasteiger partial charge in [-0.15, -0.1) is 0 Å². The van der Waals surface area contributed by atoms with Crippen LogP contribution in [0.5, 0.6) is 0 Å². The van der Waals surface area contributed by atoms with Crippen LogP contribution in [0, 0.1) is 23.2 Å². The van der Waals surface area contributed by atoms with Gasteiger partial charge in [0.15, 0.2) is 0 Å². The minimum Gasteiger partial charge on any atom is -0.385 e. The third kappa shape index (κ3) is 6.13. The summed E-state index contributed by atoms with van der Waals surface area (Å²) in [5.41, 5.74) is 0.480. The summed E-state index contributed by atoms with van der Waals surface area (Å²) in [6.45, 7) is 12.7. The van der Waals surface area contributed by atoms with Crippen LogP contribution in [-0.2, 0) is 4.74 Å². The Hall–Kier alpha value is -0.0800. The zero-order valence-electron chi connectivity index (χ0n) is 14.5. The van der Waals surface area contributed by atoms with Crippen molar-refractivity contribution in [3.05, 3.63) is 0 Å². The van der Waals surface area contributed by atoms with E-state index in [1.54, 1.807) is 0 Å². The van der Waals surface area contributed by atoms with Gasteiger partial charge in [-0.3, -0.25) is 0 Å². The van der Waals surface area contributed by atoms with Gasteiger partial charge in [-0.1, -0.05) is 40.5 Å². The van der Waals surface area contributed by atoms with Crippen molar-refractivity contribution >= 4 is 0 Å². The SMILES string of the molecule is CCNCC1CCC(C(C)(C)C)CC1CCCCOC. The first-order chi connectivity index (χ1) is 9.49. The fourth-order valence-electron chi connectivity index (χ4n) is 3.72. The maximum Gasteiger partial charge on any atom is 0.0462 e. The monoisotopic (exact) mass is 283 g/mol. The highest BCUT2D eigenvalue weighted by Crippen LogP contribution is 2.44. The van der Waals surface area contributed by atoms with E-state index in [0.29, 0.717) is 5.41 Å². The van der Waals surface area contributed by atoms with Crippen LogP contribution in [0.1, 0.15) is 66.2 Å². The van der Waals surface area contributed by atoms with E-state index in [4.69, 9.17) is 4.74 Å². The van der Waals surface area contributed by atoms with E-state index < -0.39 is 0 Å². The molecule has 2 nitrogen and oxygen atoms in total. The van der Waals surface area contributed by atoms with Gasteiger partial charge in [0.2, 0.25) is 0 Å². The first-order valence-corrected chi connectivity index (χ1v) is 8.68. The van der Waals surface area contributed by atoms with Crippen LogP contribution in [0.3, 0.4) is 0 Å². The van der Waals surface area contributed by atoms with Crippen LogP contribution in [0.4, 0.5) is 0 Å². The minimum absolute atomic E-state index is 0.480. The Labute approximate surface area is 127 Å². The molecular weight excluding hydrogens is 246 g/mol. The second-order valence-electron chi connectivity index (χ2n) is 7.69. The molecule has 0 aromatic heterocycles. The zero-order valence-corrected chi connectivity index (χ0v) is 14.5. The van der Waals surface area contributed by atoms with Crippen LogP contribution < -0.4 is 5.32 Å². The fraction of sp³-hybridized carbons (Fsp3) is 1.00. The predicted octanol–water partition coefficient (Wildman–Crippen LogP) is 4.49. The number of nitrogens with one attached hydrogen (secondary N) is 1. The quantitative estimate of drug-likeness (QED) is 0.663. The molecule has 1 aliphatic rings. The van der Waals surface area contributed by atoms with Gasteiger partial charge in [0, 0.05) is 13.7 Å². The van der Waals surface area contributed by atoms with Gasteiger partial charge < -0.3 is 10.1 Å². The van der Waals surface area contributed by atoms with E-state index in [9.17, 15) is 0 Å². The number of ether oxygens (including phenoxy) is 1. The van der Waals surface area contributed by atoms with Crippen LogP contribution in [0.2, 0.25) is 0 Å². The molecule has 0 heterocycles. The molecule has 1 rings (SSSR count). The Balaban J connectivity index is 2.49. The van der Waals surface area contributed by atoms with Crippen molar-refractivity contribution in [2.24, 2.45) is 23.2 Å². The minimum atomic E-state index is 0.480. The standard InChI is InChI=1S/C18H37NO/c1-6-19-14-16-10-11-17(18(2,3)4)13-15(16)9-7-8-12-20-5/h15-17,19H,6-14H2,1-5H3. The first kappa shape index (κ1) is 18.0. The molecule has 0 aromatic rings. The Morgan fingerprint density at radius 2 is 1.85 bits per heavy atom. The van der Waals surface area contributed by atoms with Crippen LogP contribution in [0.15, 0.2) is 0 Å². The van der Waals surface area contributed by atoms with Crippen molar-refractivity contribution < 1.29 is 4.74 Å². The molecule has 3 unspecified atom stereocenters. The number of unbranched alkanes of at least 4 members (excludes halogenated alkanes) is 1. The van der Waals surface area contributed by atoms with Gasteiger partial charge in [0.1, 0.15) is 0 Å². The number of methoxy groups -OCH3 is 1. The van der Waals surface area contributed by atoms with Crippen LogP contribution >= 0.6 is 0 Å². The molecule has 1 aliphatic carbocycles. The van der Waals surface area contributed by atoms with Gasteiger partial charge >= 0.3 is 0 Å². The van der Waals surface area contributed by atoms with Crippen molar-refractivity contribution in [2.75, 3.05) is 26.8 Å². The summed E-state index contributed by atoms with van der Waals surface area (Å²) in [5.74, 6) is 2.73. The average Bonchev–Trinajstić information content (AvgIpc) is 2.41. The largest absolute Gasteiger partial charge is 0.385 e. The molecular formula is C18H37NO. The summed E-state index contributed by atoms with van der Waals surface area (Å²) < 4.78 is 5.19. The summed E-state index contributed by atoms with van der Waals surface area (Å²) in [6, 6.07) is 0. The van der Waals surface area contributed by atoms with Crippen molar-refractivity contribution in [1.82, 2.24) is 5.32 Å². The van der Waals surface area contributed by atoms with Gasteiger partial charge in [-0.2, -0.15) is 0 Å². The van der Waals surface area contributed by atoms with Crippen molar-refractivity contribution in [2.45, 2.75) is 66.2 Å². The third-order valence-electron chi connectivity index (χ3n) is 5.19. The van der Waals surface area contributed by atoms with E-state index in [1.165, 1.54) is 45.1 Å². The molecule has 1 N–H and O–H groups in total. The summed E-state index contributed by atoms with van der Waals surface area (Å²) in [7, 11) is 1.81. The molecule has 0 aliphatic heterocycles. The highest BCUT2D eigenvalue weighted by Gasteiger charge is 2.35. The van der Waals surface area contributed by atoms with Gasteiger partial charge in [-0.25, -0.2) is 0 Å². The molecule has 0 bridgehead atoms. The lowest BCUT2D eigenvalue weighted by Crippen LogP contribution is -2.36. The van der Waals surface area contributed by atoms with Crippen molar-refractivity contribution in [1.29, 1.82) is 0 Å². The number of hydrogen-bond acceptors (Lipinski definition) is 2. The molecule has 3 atom stereocenters. The molecule has 1 saturated carbocycles. The molecule has 0 saturated heterocycles. The molecule has 0 radical (unpaired) electrons. The van der Waals surface area contributed by atoms with E-state index in [-0.39, 0.29) is 0 Å². The smallest absolute Gasteiger partial charge is 0.0462 e. The normalized spacial score (nSPS) is 27.8. The summed E-state index contributed by atoms with van der Waals surface area (Å²) in [4.78, 5) is 0. The first-order valence-electron chi connectivity index (χ1n) is 8.68. The van der Waals surface area contributed by atoms with Crippen molar-refractivity contribution in [3.8, 4) is 0 Å². The Bertz CT molecular complexity index is 246. The highest BCUT2D eigenvalue weighted by molar-refractivity contribution is 4.86. The second-order valence-corrected chi connectivity index (χ2v) is 7.69. The lowest BCUT2D eigenvalue weighted by atomic mass is 9.64. The Kier molecular flexibility index (Phi) is 8.13. The summed E-state index contributed by atoms with van der Waals surface area (Å²) in [6.07, 6.45) is 8.23. The van der Waals surface area contributed by atoms with E-state index in [1.807, 2.05) is 7.11 Å². The predicted molar refractivity (Wildman–Crippen MR) is 88.0 cm³/mol.